The van der Waals surface area contributed by atoms with Crippen molar-refractivity contribution in [1.82, 2.24) is 4.98 Å². The highest BCUT2D eigenvalue weighted by molar-refractivity contribution is 5.77. The van der Waals surface area contributed by atoms with Crippen molar-refractivity contribution in [2.45, 2.75) is 18.8 Å². The number of nitrogens with zero attached hydrogens (tertiary/aromatic N) is 1. The molecule has 0 atom stereocenters. The molecule has 0 bridgehead atoms. The molecule has 1 heterocycles. The molecule has 0 radical (unpaired) electrons. The number of aromatic nitrogens is 1. The fourth-order valence-electron chi connectivity index (χ4n) is 2.21. The summed E-state index contributed by atoms with van der Waals surface area (Å²) in [5, 5.41) is 3.25. The molecule has 3 heteroatoms. The summed E-state index contributed by atoms with van der Waals surface area (Å²) >= 11 is 0. The van der Waals surface area contributed by atoms with Crippen molar-refractivity contribution in [1.29, 1.82) is 0 Å². The number of oxazole rings is 1. The Morgan fingerprint density at radius 1 is 1.33 bits per heavy atom. The Bertz CT molecular complexity index is 554. The monoisotopic (exact) mass is 240 g/mol. The third-order valence-corrected chi connectivity index (χ3v) is 3.27. The third kappa shape index (κ3) is 2.16. The molecule has 0 spiro atoms. The summed E-state index contributed by atoms with van der Waals surface area (Å²) in [6, 6.07) is 6.43. The molecule has 0 saturated heterocycles. The Morgan fingerprint density at radius 2 is 2.22 bits per heavy atom. The first-order valence-corrected chi connectivity index (χ1v) is 6.26. The van der Waals surface area contributed by atoms with Gasteiger partial charge in [-0.3, -0.25) is 0 Å². The number of rotatable bonds is 4. The predicted molar refractivity (Wildman–Crippen MR) is 73.4 cm³/mol. The first-order valence-electron chi connectivity index (χ1n) is 6.26. The summed E-state index contributed by atoms with van der Waals surface area (Å²) in [5.74, 6) is 1.37. The fraction of sp³-hybridized carbons (Fsp3) is 0.267. The molecule has 1 aliphatic rings. The minimum Gasteiger partial charge on any atom is -0.445 e. The van der Waals surface area contributed by atoms with Gasteiger partial charge in [0, 0.05) is 24.4 Å². The zero-order valence-electron chi connectivity index (χ0n) is 10.4. The molecule has 2 aromatic rings. The first-order chi connectivity index (χ1) is 8.88. The lowest BCUT2D eigenvalue weighted by atomic mass is 10.0. The van der Waals surface area contributed by atoms with E-state index in [1.165, 1.54) is 24.0 Å². The van der Waals surface area contributed by atoms with Crippen molar-refractivity contribution in [3.63, 3.8) is 0 Å². The fourth-order valence-corrected chi connectivity index (χ4v) is 2.21. The number of hydrogen-bond acceptors (Lipinski definition) is 3. The lowest BCUT2D eigenvalue weighted by molar-refractivity contribution is 0.547. The van der Waals surface area contributed by atoms with Crippen LogP contribution in [0.3, 0.4) is 0 Å². The largest absolute Gasteiger partial charge is 0.445 e. The summed E-state index contributed by atoms with van der Waals surface area (Å²) in [5.41, 5.74) is 3.83. The molecule has 92 valence electrons. The second kappa shape index (κ2) is 4.69. The number of benzene rings is 1. The average Bonchev–Trinajstić information content (AvgIpc) is 3.12. The van der Waals surface area contributed by atoms with Gasteiger partial charge in [0.25, 0.3) is 0 Å². The summed E-state index contributed by atoms with van der Waals surface area (Å²) in [7, 11) is 1.95. The van der Waals surface area contributed by atoms with Gasteiger partial charge in [-0.1, -0.05) is 12.1 Å². The van der Waals surface area contributed by atoms with E-state index in [9.17, 15) is 0 Å². The summed E-state index contributed by atoms with van der Waals surface area (Å²) in [4.78, 5) is 4.10. The normalized spacial score (nSPS) is 15.2. The van der Waals surface area contributed by atoms with E-state index in [2.05, 4.69) is 34.6 Å². The summed E-state index contributed by atoms with van der Waals surface area (Å²) in [6.07, 6.45) is 9.85. The highest BCUT2D eigenvalue weighted by Crippen LogP contribution is 2.43. The molecule has 0 aliphatic heterocycles. The third-order valence-electron chi connectivity index (χ3n) is 3.27. The Hall–Kier alpha value is -2.03. The van der Waals surface area contributed by atoms with Crippen LogP contribution in [0.1, 0.15) is 35.8 Å². The van der Waals surface area contributed by atoms with Crippen LogP contribution in [0.15, 0.2) is 35.1 Å². The molecule has 1 saturated carbocycles. The molecule has 3 nitrogen and oxygen atoms in total. The van der Waals surface area contributed by atoms with Crippen LogP contribution in [0.2, 0.25) is 0 Å². The Labute approximate surface area is 107 Å². The Morgan fingerprint density at radius 3 is 2.89 bits per heavy atom. The minimum absolute atomic E-state index is 0.641. The van der Waals surface area contributed by atoms with Gasteiger partial charge in [-0.05, 0) is 36.5 Å². The highest BCUT2D eigenvalue weighted by Gasteiger charge is 2.26. The second-order valence-corrected chi connectivity index (χ2v) is 4.54. The van der Waals surface area contributed by atoms with Crippen LogP contribution < -0.4 is 5.32 Å². The van der Waals surface area contributed by atoms with Crippen LogP contribution in [0.4, 0.5) is 5.69 Å². The maximum absolute atomic E-state index is 5.23. The lowest BCUT2D eigenvalue weighted by Crippen LogP contribution is -1.95. The van der Waals surface area contributed by atoms with E-state index >= 15 is 0 Å². The van der Waals surface area contributed by atoms with Crippen LogP contribution in [-0.4, -0.2) is 12.0 Å². The number of hydrogen-bond donors (Lipinski definition) is 1. The van der Waals surface area contributed by atoms with Crippen molar-refractivity contribution in [3.8, 4) is 0 Å². The van der Waals surface area contributed by atoms with Gasteiger partial charge in [0.05, 0.1) is 6.20 Å². The van der Waals surface area contributed by atoms with Crippen molar-refractivity contribution < 1.29 is 4.42 Å². The maximum atomic E-state index is 5.23. The van der Waals surface area contributed by atoms with Crippen molar-refractivity contribution >= 4 is 17.8 Å². The van der Waals surface area contributed by atoms with Gasteiger partial charge >= 0.3 is 0 Å². The van der Waals surface area contributed by atoms with Gasteiger partial charge in [0.1, 0.15) is 6.26 Å². The van der Waals surface area contributed by atoms with Gasteiger partial charge in [-0.15, -0.1) is 0 Å². The van der Waals surface area contributed by atoms with Crippen LogP contribution in [-0.2, 0) is 0 Å². The van der Waals surface area contributed by atoms with Crippen LogP contribution in [0.5, 0.6) is 0 Å². The highest BCUT2D eigenvalue weighted by atomic mass is 16.3. The molecule has 1 N–H and O–H groups in total. The number of nitrogens with one attached hydrogen (secondary N) is 1. The lowest BCUT2D eigenvalue weighted by Gasteiger charge is -2.10. The van der Waals surface area contributed by atoms with Gasteiger partial charge in [0.15, 0.2) is 0 Å². The minimum atomic E-state index is 0.641. The van der Waals surface area contributed by atoms with Gasteiger partial charge < -0.3 is 9.73 Å². The molecular weight excluding hydrogens is 224 g/mol. The quantitative estimate of drug-likeness (QED) is 0.884. The molecule has 0 amide bonds. The summed E-state index contributed by atoms with van der Waals surface area (Å²) in [6.45, 7) is 0. The zero-order valence-corrected chi connectivity index (χ0v) is 10.4. The molecule has 18 heavy (non-hydrogen) atoms. The van der Waals surface area contributed by atoms with Crippen LogP contribution in [0.25, 0.3) is 12.2 Å². The van der Waals surface area contributed by atoms with E-state index < -0.39 is 0 Å². The molecule has 1 fully saturated rings. The zero-order chi connectivity index (χ0) is 12.4. The molecule has 3 rings (SSSR count). The van der Waals surface area contributed by atoms with E-state index in [0.29, 0.717) is 5.89 Å². The van der Waals surface area contributed by atoms with E-state index in [-0.39, 0.29) is 0 Å². The van der Waals surface area contributed by atoms with Gasteiger partial charge in [0.2, 0.25) is 5.89 Å². The van der Waals surface area contributed by atoms with Crippen LogP contribution >= 0.6 is 0 Å². The predicted octanol–water partition coefficient (Wildman–Crippen LogP) is 3.76. The molecule has 1 aromatic carbocycles. The maximum Gasteiger partial charge on any atom is 0.218 e. The molecule has 1 aromatic heterocycles. The molecular formula is C15H16N2O. The van der Waals surface area contributed by atoms with E-state index in [0.717, 1.165) is 11.6 Å². The topological polar surface area (TPSA) is 38.1 Å². The average molecular weight is 240 g/mol. The van der Waals surface area contributed by atoms with Crippen molar-refractivity contribution in [2.24, 2.45) is 0 Å². The van der Waals surface area contributed by atoms with Crippen molar-refractivity contribution in [2.75, 3.05) is 12.4 Å². The van der Waals surface area contributed by atoms with Gasteiger partial charge in [-0.25, -0.2) is 4.98 Å². The van der Waals surface area contributed by atoms with E-state index in [4.69, 9.17) is 4.42 Å². The van der Waals surface area contributed by atoms with Crippen LogP contribution in [0, 0.1) is 0 Å². The SMILES string of the molecule is CNc1cccc(C2CC2)c1/C=C/c1ncco1. The Kier molecular flexibility index (Phi) is 2.89. The van der Waals surface area contributed by atoms with Gasteiger partial charge in [-0.2, -0.15) is 0 Å². The second-order valence-electron chi connectivity index (χ2n) is 4.54. The van der Waals surface area contributed by atoms with E-state index in [1.54, 1.807) is 12.5 Å². The number of anilines is 1. The van der Waals surface area contributed by atoms with E-state index in [1.807, 2.05) is 13.1 Å². The Balaban J connectivity index is 1.98. The molecule has 0 unspecified atom stereocenters. The summed E-state index contributed by atoms with van der Waals surface area (Å²) < 4.78 is 5.23. The molecule has 1 aliphatic carbocycles. The van der Waals surface area contributed by atoms with Crippen molar-refractivity contribution in [3.05, 3.63) is 47.7 Å². The first kappa shape index (κ1) is 11.1. The smallest absolute Gasteiger partial charge is 0.218 e. The standard InChI is InChI=1S/C15H16N2O/c1-16-14-4-2-3-12(11-5-6-11)13(14)7-8-15-17-9-10-18-15/h2-4,7-11,16H,5-6H2,1H3/b8-7+.